The lowest BCUT2D eigenvalue weighted by Gasteiger charge is -2.45. The Morgan fingerprint density at radius 1 is 1.23 bits per heavy atom. The summed E-state index contributed by atoms with van der Waals surface area (Å²) >= 11 is 0. The quantitative estimate of drug-likeness (QED) is 0.604. The molecule has 3 rings (SSSR count). The van der Waals surface area contributed by atoms with Crippen LogP contribution in [-0.4, -0.2) is 12.1 Å². The number of carbonyl (C=O) groups is 2. The van der Waals surface area contributed by atoms with E-state index in [1.165, 1.54) is 6.42 Å². The van der Waals surface area contributed by atoms with Crippen LogP contribution in [0.15, 0.2) is 30.3 Å². The largest absolute Gasteiger partial charge is 0.303 e. The maximum Gasteiger partial charge on any atom is 0.166 e. The molecule has 2 unspecified atom stereocenters. The molecule has 2 fully saturated rings. The maximum absolute atomic E-state index is 13.0. The number of carbonyl (C=O) groups excluding carboxylic acids is 2. The van der Waals surface area contributed by atoms with Gasteiger partial charge in [0.05, 0.1) is 0 Å². The van der Waals surface area contributed by atoms with Crippen LogP contribution in [0.5, 0.6) is 0 Å². The first-order valence-corrected chi connectivity index (χ1v) is 8.62. The second-order valence-corrected chi connectivity index (χ2v) is 7.52. The smallest absolute Gasteiger partial charge is 0.166 e. The van der Waals surface area contributed by atoms with Gasteiger partial charge in [0.15, 0.2) is 5.78 Å². The summed E-state index contributed by atoms with van der Waals surface area (Å²) in [7, 11) is 0. The minimum atomic E-state index is 0.112. The van der Waals surface area contributed by atoms with Crippen LogP contribution < -0.4 is 0 Å². The monoisotopic (exact) mass is 298 g/mol. The van der Waals surface area contributed by atoms with E-state index in [1.54, 1.807) is 0 Å². The van der Waals surface area contributed by atoms with Crippen molar-refractivity contribution in [2.75, 3.05) is 0 Å². The van der Waals surface area contributed by atoms with Crippen LogP contribution in [0.4, 0.5) is 0 Å². The van der Waals surface area contributed by atoms with E-state index in [1.807, 2.05) is 37.3 Å². The van der Waals surface area contributed by atoms with Gasteiger partial charge in [-0.05, 0) is 42.9 Å². The first-order valence-electron chi connectivity index (χ1n) is 8.62. The molecule has 0 heterocycles. The number of hydrogen-bond acceptors (Lipinski definition) is 2. The molecule has 118 valence electrons. The second kappa shape index (κ2) is 5.98. The molecular formula is C20H26O2. The van der Waals surface area contributed by atoms with Crippen LogP contribution in [0.25, 0.3) is 0 Å². The first-order chi connectivity index (χ1) is 10.6. The van der Waals surface area contributed by atoms with E-state index in [9.17, 15) is 9.59 Å². The van der Waals surface area contributed by atoms with Gasteiger partial charge in [0, 0.05) is 17.4 Å². The number of benzene rings is 1. The highest BCUT2D eigenvalue weighted by Crippen LogP contribution is 2.59. The molecule has 0 radical (unpaired) electrons. The number of fused-ring (bicyclic) bond motifs is 1. The fraction of sp³-hybridized carbons (Fsp3) is 0.600. The third-order valence-corrected chi connectivity index (χ3v) is 6.44. The summed E-state index contributed by atoms with van der Waals surface area (Å²) in [6.45, 7) is 4.38. The van der Waals surface area contributed by atoms with Crippen molar-refractivity contribution in [2.45, 2.75) is 46.0 Å². The van der Waals surface area contributed by atoms with Gasteiger partial charge in [0.2, 0.25) is 0 Å². The van der Waals surface area contributed by atoms with Crippen molar-refractivity contribution in [1.29, 1.82) is 0 Å². The minimum absolute atomic E-state index is 0.112. The highest BCUT2D eigenvalue weighted by Gasteiger charge is 2.53. The van der Waals surface area contributed by atoms with E-state index in [0.29, 0.717) is 17.6 Å². The molecule has 0 aliphatic heterocycles. The fourth-order valence-electron chi connectivity index (χ4n) is 5.32. The molecule has 2 nitrogen and oxygen atoms in total. The maximum atomic E-state index is 13.0. The summed E-state index contributed by atoms with van der Waals surface area (Å²) < 4.78 is 0. The lowest BCUT2D eigenvalue weighted by molar-refractivity contribution is -0.113. The summed E-state index contributed by atoms with van der Waals surface area (Å²) in [6, 6.07) is 9.73. The van der Waals surface area contributed by atoms with E-state index in [0.717, 1.165) is 37.5 Å². The van der Waals surface area contributed by atoms with Gasteiger partial charge in [0.25, 0.3) is 0 Å². The first kappa shape index (κ1) is 15.5. The van der Waals surface area contributed by atoms with Gasteiger partial charge in [-0.25, -0.2) is 0 Å². The molecule has 5 atom stereocenters. The molecule has 0 aromatic heterocycles. The molecule has 2 aliphatic carbocycles. The van der Waals surface area contributed by atoms with Crippen LogP contribution in [0.2, 0.25) is 0 Å². The summed E-state index contributed by atoms with van der Waals surface area (Å²) in [5.41, 5.74) is 1.01. The molecule has 0 saturated heterocycles. The molecule has 0 N–H and O–H groups in total. The van der Waals surface area contributed by atoms with Gasteiger partial charge < -0.3 is 4.79 Å². The van der Waals surface area contributed by atoms with Crippen molar-refractivity contribution in [3.63, 3.8) is 0 Å². The highest BCUT2D eigenvalue weighted by atomic mass is 16.1. The summed E-state index contributed by atoms with van der Waals surface area (Å²) in [5.74, 6) is 1.46. The molecule has 22 heavy (non-hydrogen) atoms. The Morgan fingerprint density at radius 2 is 1.95 bits per heavy atom. The van der Waals surface area contributed by atoms with Crippen molar-refractivity contribution >= 4 is 12.1 Å². The molecule has 2 aliphatic rings. The normalized spacial score (nSPS) is 35.6. The Hall–Kier alpha value is -1.44. The van der Waals surface area contributed by atoms with Gasteiger partial charge in [-0.1, -0.05) is 50.6 Å². The van der Waals surface area contributed by atoms with E-state index in [2.05, 4.69) is 6.92 Å². The number of rotatable bonds is 4. The molecule has 2 heteroatoms. The van der Waals surface area contributed by atoms with Gasteiger partial charge >= 0.3 is 0 Å². The molecule has 0 spiro atoms. The van der Waals surface area contributed by atoms with E-state index < -0.39 is 0 Å². The topological polar surface area (TPSA) is 34.1 Å². The molecular weight excluding hydrogens is 272 g/mol. The molecule has 0 amide bonds. The SMILES string of the molecule is C[C@H](C=O)C1CCC2[C@@H](C(=O)c3ccccc3)CCC[C@]12C. The van der Waals surface area contributed by atoms with Crippen LogP contribution >= 0.6 is 0 Å². The Labute approximate surface area is 133 Å². The van der Waals surface area contributed by atoms with Gasteiger partial charge in [-0.15, -0.1) is 0 Å². The standard InChI is InChI=1S/C20H26O2/c1-14(13-21)17-10-11-18-16(9-6-12-20(17,18)2)19(22)15-7-4-3-5-8-15/h3-5,7-8,13-14,16-18H,6,9-12H2,1-2H3/t14-,16+,17?,18?,20-/m1/s1. The Morgan fingerprint density at radius 3 is 2.64 bits per heavy atom. The van der Waals surface area contributed by atoms with Gasteiger partial charge in [-0.3, -0.25) is 4.79 Å². The number of hydrogen-bond donors (Lipinski definition) is 0. The van der Waals surface area contributed by atoms with Gasteiger partial charge in [0.1, 0.15) is 6.29 Å². The third kappa shape index (κ3) is 2.43. The average molecular weight is 298 g/mol. The summed E-state index contributed by atoms with van der Waals surface area (Å²) in [4.78, 5) is 24.2. The predicted molar refractivity (Wildman–Crippen MR) is 87.7 cm³/mol. The molecule has 2 saturated carbocycles. The number of aldehydes is 1. The van der Waals surface area contributed by atoms with Crippen LogP contribution in [0, 0.1) is 29.1 Å². The van der Waals surface area contributed by atoms with Crippen LogP contribution in [0.1, 0.15) is 56.3 Å². The second-order valence-electron chi connectivity index (χ2n) is 7.52. The van der Waals surface area contributed by atoms with E-state index in [4.69, 9.17) is 0 Å². The zero-order chi connectivity index (χ0) is 15.7. The predicted octanol–water partition coefficient (Wildman–Crippen LogP) is 4.54. The zero-order valence-corrected chi connectivity index (χ0v) is 13.6. The minimum Gasteiger partial charge on any atom is -0.303 e. The van der Waals surface area contributed by atoms with Gasteiger partial charge in [-0.2, -0.15) is 0 Å². The Kier molecular flexibility index (Phi) is 4.20. The average Bonchev–Trinajstić information content (AvgIpc) is 2.91. The molecule has 1 aromatic rings. The summed E-state index contributed by atoms with van der Waals surface area (Å²) in [5, 5.41) is 0. The van der Waals surface area contributed by atoms with Crippen molar-refractivity contribution in [1.82, 2.24) is 0 Å². The number of ketones is 1. The highest BCUT2D eigenvalue weighted by molar-refractivity contribution is 5.98. The Balaban J connectivity index is 1.86. The zero-order valence-electron chi connectivity index (χ0n) is 13.6. The summed E-state index contributed by atoms with van der Waals surface area (Å²) in [6.07, 6.45) is 6.59. The number of Topliss-reactive ketones (excluding diaryl/α,β-unsaturated/α-hetero) is 1. The Bertz CT molecular complexity index is 550. The lowest BCUT2D eigenvalue weighted by Crippen LogP contribution is -2.41. The molecule has 1 aromatic carbocycles. The van der Waals surface area contributed by atoms with Crippen molar-refractivity contribution in [2.24, 2.45) is 29.1 Å². The molecule has 0 bridgehead atoms. The van der Waals surface area contributed by atoms with Crippen molar-refractivity contribution in [3.05, 3.63) is 35.9 Å². The van der Waals surface area contributed by atoms with Crippen LogP contribution in [-0.2, 0) is 4.79 Å². The third-order valence-electron chi connectivity index (χ3n) is 6.44. The van der Waals surface area contributed by atoms with Crippen molar-refractivity contribution in [3.8, 4) is 0 Å². The van der Waals surface area contributed by atoms with E-state index >= 15 is 0 Å². The van der Waals surface area contributed by atoms with E-state index in [-0.39, 0.29) is 17.3 Å². The lowest BCUT2D eigenvalue weighted by atomic mass is 9.58. The van der Waals surface area contributed by atoms with Crippen molar-refractivity contribution < 1.29 is 9.59 Å². The fourth-order valence-corrected chi connectivity index (χ4v) is 5.32. The van der Waals surface area contributed by atoms with Crippen LogP contribution in [0.3, 0.4) is 0 Å².